The molecule has 0 saturated carbocycles. The highest BCUT2D eigenvalue weighted by Gasteiger charge is 2.25. The second kappa shape index (κ2) is 6.53. The first-order chi connectivity index (χ1) is 10.4. The molecule has 0 radical (unpaired) electrons. The van der Waals surface area contributed by atoms with Crippen molar-refractivity contribution >= 4 is 5.78 Å². The highest BCUT2D eigenvalue weighted by Crippen LogP contribution is 2.31. The fourth-order valence-electron chi connectivity index (χ4n) is 3.03. The predicted molar refractivity (Wildman–Crippen MR) is 86.3 cm³/mol. The molecule has 2 aromatic carbocycles. The van der Waals surface area contributed by atoms with E-state index in [1.807, 2.05) is 36.4 Å². The van der Waals surface area contributed by atoms with Gasteiger partial charge in [0.2, 0.25) is 0 Å². The van der Waals surface area contributed by atoms with E-state index in [4.69, 9.17) is 0 Å². The molecule has 3 rings (SSSR count). The molecule has 0 aromatic heterocycles. The molecule has 0 heterocycles. The van der Waals surface area contributed by atoms with Gasteiger partial charge in [0.1, 0.15) is 0 Å². The maximum atomic E-state index is 13.0. The van der Waals surface area contributed by atoms with Crippen molar-refractivity contribution in [1.29, 1.82) is 0 Å². The number of rotatable bonds is 4. The Labute approximate surface area is 126 Å². The van der Waals surface area contributed by atoms with E-state index < -0.39 is 0 Å². The first kappa shape index (κ1) is 13.8. The number of allylic oxidation sites excluding steroid dienone is 2. The molecule has 0 bridgehead atoms. The topological polar surface area (TPSA) is 17.1 Å². The number of carbonyl (C=O) groups is 1. The van der Waals surface area contributed by atoms with Crippen LogP contribution in [0.1, 0.15) is 42.7 Å². The van der Waals surface area contributed by atoms with E-state index in [-0.39, 0.29) is 11.7 Å². The van der Waals surface area contributed by atoms with Crippen molar-refractivity contribution in [3.63, 3.8) is 0 Å². The molecule has 0 amide bonds. The van der Waals surface area contributed by atoms with Crippen LogP contribution in [0.15, 0.2) is 72.3 Å². The molecule has 1 heteroatoms. The van der Waals surface area contributed by atoms with Crippen molar-refractivity contribution in [2.45, 2.75) is 31.6 Å². The number of hydrogen-bond donors (Lipinski definition) is 0. The number of ketones is 1. The molecule has 1 aliphatic carbocycles. The SMILES string of the molecule is O=C(C1=CCCCC1)C(c1ccccc1)c1ccccc1. The second-order valence-electron chi connectivity index (χ2n) is 5.59. The summed E-state index contributed by atoms with van der Waals surface area (Å²) >= 11 is 0. The molecule has 0 atom stereocenters. The molecule has 0 spiro atoms. The quantitative estimate of drug-likeness (QED) is 0.777. The third-order valence-electron chi connectivity index (χ3n) is 4.14. The molecule has 2 aromatic rings. The third kappa shape index (κ3) is 3.13. The van der Waals surface area contributed by atoms with Gasteiger partial charge in [0.05, 0.1) is 5.92 Å². The van der Waals surface area contributed by atoms with E-state index in [1.54, 1.807) is 0 Å². The van der Waals surface area contributed by atoms with Crippen molar-refractivity contribution in [3.05, 3.63) is 83.4 Å². The standard InChI is InChI=1S/C20H20O/c21-20(18-14-8-3-9-15-18)19(16-10-4-1-5-11-16)17-12-6-2-7-13-17/h1-2,4-7,10-14,19H,3,8-9,15H2. The largest absolute Gasteiger partial charge is 0.293 e. The van der Waals surface area contributed by atoms with Crippen LogP contribution in [0, 0.1) is 0 Å². The molecule has 0 saturated heterocycles. The predicted octanol–water partition coefficient (Wildman–Crippen LogP) is 4.89. The first-order valence-corrected chi connectivity index (χ1v) is 7.69. The zero-order valence-electron chi connectivity index (χ0n) is 12.2. The lowest BCUT2D eigenvalue weighted by Crippen LogP contribution is -2.17. The normalized spacial score (nSPS) is 14.8. The average Bonchev–Trinajstić information content (AvgIpc) is 2.58. The summed E-state index contributed by atoms with van der Waals surface area (Å²) in [5.41, 5.74) is 3.18. The average molecular weight is 276 g/mol. The summed E-state index contributed by atoms with van der Waals surface area (Å²) in [6.45, 7) is 0. The van der Waals surface area contributed by atoms with Crippen molar-refractivity contribution in [1.82, 2.24) is 0 Å². The molecule has 0 N–H and O–H groups in total. The van der Waals surface area contributed by atoms with E-state index in [9.17, 15) is 4.79 Å². The number of carbonyl (C=O) groups excluding carboxylic acids is 1. The Morgan fingerprint density at radius 3 is 1.86 bits per heavy atom. The van der Waals surface area contributed by atoms with Crippen LogP contribution in [0.2, 0.25) is 0 Å². The van der Waals surface area contributed by atoms with Crippen LogP contribution in [-0.4, -0.2) is 5.78 Å². The van der Waals surface area contributed by atoms with Gasteiger partial charge in [-0.2, -0.15) is 0 Å². The molecule has 0 unspecified atom stereocenters. The van der Waals surface area contributed by atoms with Crippen LogP contribution in [-0.2, 0) is 4.79 Å². The van der Waals surface area contributed by atoms with Gasteiger partial charge in [-0.1, -0.05) is 66.7 Å². The van der Waals surface area contributed by atoms with Gasteiger partial charge in [0.15, 0.2) is 5.78 Å². The van der Waals surface area contributed by atoms with Crippen LogP contribution in [0.5, 0.6) is 0 Å². The lowest BCUT2D eigenvalue weighted by atomic mass is 9.82. The monoisotopic (exact) mass is 276 g/mol. The Hall–Kier alpha value is -2.15. The lowest BCUT2D eigenvalue weighted by Gasteiger charge is -2.20. The lowest BCUT2D eigenvalue weighted by molar-refractivity contribution is -0.116. The van der Waals surface area contributed by atoms with Gasteiger partial charge in [-0.05, 0) is 42.4 Å². The van der Waals surface area contributed by atoms with E-state index in [0.717, 1.165) is 36.0 Å². The van der Waals surface area contributed by atoms with Gasteiger partial charge < -0.3 is 0 Å². The van der Waals surface area contributed by atoms with Gasteiger partial charge in [-0.15, -0.1) is 0 Å². The van der Waals surface area contributed by atoms with Crippen LogP contribution in [0.4, 0.5) is 0 Å². The minimum Gasteiger partial charge on any atom is -0.293 e. The molecule has 106 valence electrons. The highest BCUT2D eigenvalue weighted by atomic mass is 16.1. The van der Waals surface area contributed by atoms with Crippen molar-refractivity contribution < 1.29 is 4.79 Å². The molecule has 0 aliphatic heterocycles. The number of hydrogen-bond acceptors (Lipinski definition) is 1. The van der Waals surface area contributed by atoms with E-state index in [1.165, 1.54) is 6.42 Å². The van der Waals surface area contributed by atoms with Gasteiger partial charge in [0, 0.05) is 0 Å². The molecule has 21 heavy (non-hydrogen) atoms. The zero-order valence-corrected chi connectivity index (χ0v) is 12.2. The number of benzene rings is 2. The molecular weight excluding hydrogens is 256 g/mol. The van der Waals surface area contributed by atoms with E-state index in [2.05, 4.69) is 30.3 Å². The molecule has 1 nitrogen and oxygen atoms in total. The third-order valence-corrected chi connectivity index (χ3v) is 4.14. The van der Waals surface area contributed by atoms with Crippen molar-refractivity contribution in [2.75, 3.05) is 0 Å². The Balaban J connectivity index is 2.00. The summed E-state index contributed by atoms with van der Waals surface area (Å²) in [6.07, 6.45) is 6.45. The second-order valence-corrected chi connectivity index (χ2v) is 5.59. The Bertz CT molecular complexity index is 586. The van der Waals surface area contributed by atoms with Gasteiger partial charge >= 0.3 is 0 Å². The first-order valence-electron chi connectivity index (χ1n) is 7.69. The Morgan fingerprint density at radius 1 is 0.810 bits per heavy atom. The van der Waals surface area contributed by atoms with E-state index >= 15 is 0 Å². The highest BCUT2D eigenvalue weighted by molar-refractivity contribution is 6.02. The fraction of sp³-hybridized carbons (Fsp3) is 0.250. The van der Waals surface area contributed by atoms with Crippen LogP contribution < -0.4 is 0 Å². The maximum absolute atomic E-state index is 13.0. The Morgan fingerprint density at radius 2 is 1.38 bits per heavy atom. The van der Waals surface area contributed by atoms with Crippen LogP contribution >= 0.6 is 0 Å². The van der Waals surface area contributed by atoms with Gasteiger partial charge in [0.25, 0.3) is 0 Å². The fourth-order valence-corrected chi connectivity index (χ4v) is 3.03. The Kier molecular flexibility index (Phi) is 4.30. The summed E-state index contributed by atoms with van der Waals surface area (Å²) in [7, 11) is 0. The summed E-state index contributed by atoms with van der Waals surface area (Å²) in [6, 6.07) is 20.2. The smallest absolute Gasteiger partial charge is 0.170 e. The molecular formula is C20H20O. The van der Waals surface area contributed by atoms with Gasteiger partial charge in [-0.25, -0.2) is 0 Å². The minimum atomic E-state index is -0.170. The molecule has 0 fully saturated rings. The van der Waals surface area contributed by atoms with Gasteiger partial charge in [-0.3, -0.25) is 4.79 Å². The maximum Gasteiger partial charge on any atom is 0.170 e. The summed E-state index contributed by atoms with van der Waals surface area (Å²) in [5, 5.41) is 0. The minimum absolute atomic E-state index is 0.170. The summed E-state index contributed by atoms with van der Waals surface area (Å²) < 4.78 is 0. The van der Waals surface area contributed by atoms with E-state index in [0.29, 0.717) is 0 Å². The van der Waals surface area contributed by atoms with Crippen LogP contribution in [0.25, 0.3) is 0 Å². The van der Waals surface area contributed by atoms with Crippen LogP contribution in [0.3, 0.4) is 0 Å². The number of Topliss-reactive ketones (excluding diaryl/α,β-unsaturated/α-hetero) is 1. The zero-order chi connectivity index (χ0) is 14.5. The molecule has 1 aliphatic rings. The summed E-state index contributed by atoms with van der Waals surface area (Å²) in [4.78, 5) is 13.0. The van der Waals surface area contributed by atoms with Crippen molar-refractivity contribution in [2.24, 2.45) is 0 Å². The van der Waals surface area contributed by atoms with Crippen molar-refractivity contribution in [3.8, 4) is 0 Å². The summed E-state index contributed by atoms with van der Waals surface area (Å²) in [5.74, 6) is 0.101.